The van der Waals surface area contributed by atoms with E-state index in [1.807, 2.05) is 0 Å². The molecule has 3 aromatic rings. The minimum atomic E-state index is -0.546. The molecule has 1 N–H and O–H groups in total. The van der Waals surface area contributed by atoms with E-state index in [-0.39, 0.29) is 17.9 Å². The van der Waals surface area contributed by atoms with Gasteiger partial charge in [0.25, 0.3) is 5.69 Å². The van der Waals surface area contributed by atoms with Gasteiger partial charge in [0.05, 0.1) is 27.8 Å². The third kappa shape index (κ3) is 3.43. The molecule has 132 valence electrons. The molecule has 0 radical (unpaired) electrons. The molecule has 0 atom stereocenters. The van der Waals surface area contributed by atoms with Gasteiger partial charge in [-0.3, -0.25) is 15.1 Å². The molecule has 1 heterocycles. The maximum absolute atomic E-state index is 12.3. The van der Waals surface area contributed by atoms with Crippen LogP contribution in [0.15, 0.2) is 48.7 Å². The van der Waals surface area contributed by atoms with E-state index >= 15 is 0 Å². The topological polar surface area (TPSA) is 94.4 Å². The molecule has 0 amide bonds. The lowest BCUT2D eigenvalue weighted by Gasteiger charge is -2.14. The standard InChI is InChI=1S/C18H14ClN3O4/c1-2-26-18(23)14-10-20-17-13(7-4-8-15(17)19)16(14)21-11-5-3-6-12(9-11)22(24)25/h3-10H,2H2,1H3,(H,20,21). The van der Waals surface area contributed by atoms with E-state index < -0.39 is 10.9 Å². The highest BCUT2D eigenvalue weighted by atomic mass is 35.5. The minimum Gasteiger partial charge on any atom is -0.462 e. The highest BCUT2D eigenvalue weighted by molar-refractivity contribution is 6.35. The Morgan fingerprint density at radius 2 is 2.08 bits per heavy atom. The van der Waals surface area contributed by atoms with E-state index in [1.54, 1.807) is 37.3 Å². The Morgan fingerprint density at radius 1 is 1.31 bits per heavy atom. The second kappa shape index (κ2) is 7.37. The van der Waals surface area contributed by atoms with E-state index in [2.05, 4.69) is 10.3 Å². The van der Waals surface area contributed by atoms with Gasteiger partial charge >= 0.3 is 5.97 Å². The number of para-hydroxylation sites is 1. The number of pyridine rings is 1. The summed E-state index contributed by atoms with van der Waals surface area (Å²) in [6.07, 6.45) is 1.38. The smallest absolute Gasteiger partial charge is 0.341 e. The number of rotatable bonds is 5. The van der Waals surface area contributed by atoms with Gasteiger partial charge in [-0.2, -0.15) is 0 Å². The van der Waals surface area contributed by atoms with Crippen LogP contribution < -0.4 is 5.32 Å². The number of fused-ring (bicyclic) bond motifs is 1. The lowest BCUT2D eigenvalue weighted by molar-refractivity contribution is -0.384. The van der Waals surface area contributed by atoms with Gasteiger partial charge in [0.2, 0.25) is 0 Å². The number of carbonyl (C=O) groups excluding carboxylic acids is 1. The van der Waals surface area contributed by atoms with Gasteiger partial charge in [-0.1, -0.05) is 29.8 Å². The van der Waals surface area contributed by atoms with E-state index in [0.717, 1.165) is 0 Å². The number of nitro benzene ring substituents is 1. The average molecular weight is 372 g/mol. The monoisotopic (exact) mass is 371 g/mol. The number of hydrogen-bond acceptors (Lipinski definition) is 6. The molecule has 0 aliphatic rings. The average Bonchev–Trinajstić information content (AvgIpc) is 2.63. The predicted molar refractivity (Wildman–Crippen MR) is 99.1 cm³/mol. The first-order valence-corrected chi connectivity index (χ1v) is 8.15. The molecule has 7 nitrogen and oxygen atoms in total. The molecule has 8 heteroatoms. The lowest BCUT2D eigenvalue weighted by Crippen LogP contribution is -2.09. The van der Waals surface area contributed by atoms with Crippen LogP contribution in [0.2, 0.25) is 5.02 Å². The Hall–Kier alpha value is -3.19. The number of benzene rings is 2. The maximum Gasteiger partial charge on any atom is 0.341 e. The van der Waals surface area contributed by atoms with Crippen LogP contribution in [-0.4, -0.2) is 22.5 Å². The van der Waals surface area contributed by atoms with Crippen LogP contribution in [0.25, 0.3) is 10.9 Å². The number of nitrogens with one attached hydrogen (secondary N) is 1. The van der Waals surface area contributed by atoms with Crippen LogP contribution in [0.4, 0.5) is 17.1 Å². The zero-order valence-electron chi connectivity index (χ0n) is 13.7. The van der Waals surface area contributed by atoms with Crippen molar-refractivity contribution in [3.63, 3.8) is 0 Å². The summed E-state index contributed by atoms with van der Waals surface area (Å²) in [6, 6.07) is 11.2. The third-order valence-electron chi connectivity index (χ3n) is 3.67. The Bertz CT molecular complexity index is 1010. The number of esters is 1. The lowest BCUT2D eigenvalue weighted by atomic mass is 10.1. The van der Waals surface area contributed by atoms with Gasteiger partial charge in [0.15, 0.2) is 0 Å². The van der Waals surface area contributed by atoms with Crippen LogP contribution in [0.5, 0.6) is 0 Å². The van der Waals surface area contributed by atoms with Gasteiger partial charge in [-0.05, 0) is 19.1 Å². The molecule has 26 heavy (non-hydrogen) atoms. The number of carbonyl (C=O) groups is 1. The summed E-state index contributed by atoms with van der Waals surface area (Å²) in [5.41, 5.74) is 1.54. The number of nitrogens with zero attached hydrogens (tertiary/aromatic N) is 2. The summed E-state index contributed by atoms with van der Waals surface area (Å²) in [5.74, 6) is -0.546. The fourth-order valence-electron chi connectivity index (χ4n) is 2.53. The van der Waals surface area contributed by atoms with Crippen molar-refractivity contribution in [2.24, 2.45) is 0 Å². The molecule has 0 aliphatic carbocycles. The summed E-state index contributed by atoms with van der Waals surface area (Å²) in [5, 5.41) is 15.1. The van der Waals surface area contributed by atoms with Gasteiger partial charge in [0, 0.05) is 29.4 Å². The Labute approximate surface area is 153 Å². The van der Waals surface area contributed by atoms with Crippen molar-refractivity contribution in [1.29, 1.82) is 0 Å². The number of non-ortho nitro benzene ring substituents is 1. The second-order valence-electron chi connectivity index (χ2n) is 5.34. The van der Waals surface area contributed by atoms with Crippen molar-refractivity contribution in [1.82, 2.24) is 4.98 Å². The number of hydrogen-bond donors (Lipinski definition) is 1. The van der Waals surface area contributed by atoms with Gasteiger partial charge < -0.3 is 10.1 Å². The molecule has 0 fully saturated rings. The fourth-order valence-corrected chi connectivity index (χ4v) is 2.75. The number of halogens is 1. The highest BCUT2D eigenvalue weighted by Gasteiger charge is 2.18. The van der Waals surface area contributed by atoms with Crippen LogP contribution in [0.3, 0.4) is 0 Å². The Kier molecular flexibility index (Phi) is 4.99. The zero-order chi connectivity index (χ0) is 18.7. The number of anilines is 2. The molecule has 0 saturated heterocycles. The molecular formula is C18H14ClN3O4. The van der Waals surface area contributed by atoms with Crippen molar-refractivity contribution in [2.75, 3.05) is 11.9 Å². The van der Waals surface area contributed by atoms with E-state index in [4.69, 9.17) is 16.3 Å². The molecule has 0 unspecified atom stereocenters. The number of ether oxygens (including phenoxy) is 1. The zero-order valence-corrected chi connectivity index (χ0v) is 14.5. The largest absolute Gasteiger partial charge is 0.462 e. The van der Waals surface area contributed by atoms with Crippen molar-refractivity contribution in [3.05, 3.63) is 69.4 Å². The predicted octanol–water partition coefficient (Wildman–Crippen LogP) is 4.72. The van der Waals surface area contributed by atoms with E-state index in [1.165, 1.54) is 18.3 Å². The molecule has 3 rings (SSSR count). The highest BCUT2D eigenvalue weighted by Crippen LogP contribution is 2.33. The van der Waals surface area contributed by atoms with Crippen molar-refractivity contribution in [3.8, 4) is 0 Å². The first kappa shape index (κ1) is 17.6. The normalized spacial score (nSPS) is 10.5. The molecule has 0 spiro atoms. The molecule has 0 aliphatic heterocycles. The Balaban J connectivity index is 2.16. The molecule has 0 bridgehead atoms. The quantitative estimate of drug-likeness (QED) is 0.396. The number of aromatic nitrogens is 1. The summed E-state index contributed by atoms with van der Waals surface area (Å²) in [7, 11) is 0. The van der Waals surface area contributed by atoms with Crippen molar-refractivity contribution < 1.29 is 14.5 Å². The maximum atomic E-state index is 12.3. The summed E-state index contributed by atoms with van der Waals surface area (Å²) in [4.78, 5) is 27.1. The third-order valence-corrected chi connectivity index (χ3v) is 3.97. The van der Waals surface area contributed by atoms with Crippen LogP contribution >= 0.6 is 11.6 Å². The van der Waals surface area contributed by atoms with Crippen LogP contribution in [0, 0.1) is 10.1 Å². The molecular weight excluding hydrogens is 358 g/mol. The number of nitro groups is 1. The molecule has 1 aromatic heterocycles. The summed E-state index contributed by atoms with van der Waals surface area (Å²) < 4.78 is 5.09. The molecule has 0 saturated carbocycles. The Morgan fingerprint density at radius 3 is 2.81 bits per heavy atom. The summed E-state index contributed by atoms with van der Waals surface area (Å²) in [6.45, 7) is 1.92. The van der Waals surface area contributed by atoms with Crippen molar-refractivity contribution in [2.45, 2.75) is 6.92 Å². The van der Waals surface area contributed by atoms with E-state index in [9.17, 15) is 14.9 Å². The van der Waals surface area contributed by atoms with E-state index in [0.29, 0.717) is 27.3 Å². The van der Waals surface area contributed by atoms with Crippen LogP contribution in [-0.2, 0) is 4.74 Å². The SMILES string of the molecule is CCOC(=O)c1cnc2c(Cl)cccc2c1Nc1cccc([N+](=O)[O-])c1. The first-order valence-electron chi connectivity index (χ1n) is 7.77. The van der Waals surface area contributed by atoms with Crippen LogP contribution in [0.1, 0.15) is 17.3 Å². The second-order valence-corrected chi connectivity index (χ2v) is 5.74. The molecule has 2 aromatic carbocycles. The van der Waals surface area contributed by atoms with Gasteiger partial charge in [0.1, 0.15) is 5.56 Å². The minimum absolute atomic E-state index is 0.0657. The van der Waals surface area contributed by atoms with Gasteiger partial charge in [-0.25, -0.2) is 4.79 Å². The fraction of sp³-hybridized carbons (Fsp3) is 0.111. The van der Waals surface area contributed by atoms with Gasteiger partial charge in [-0.15, -0.1) is 0 Å². The first-order chi connectivity index (χ1) is 12.5. The summed E-state index contributed by atoms with van der Waals surface area (Å²) >= 11 is 6.20. The van der Waals surface area contributed by atoms with Crippen molar-refractivity contribution >= 4 is 45.5 Å².